The molecular weight excluding hydrogens is 144 g/mol. The fourth-order valence-electron chi connectivity index (χ4n) is 2.28. The summed E-state index contributed by atoms with van der Waals surface area (Å²) in [6.07, 6.45) is 10.8. The highest BCUT2D eigenvalue weighted by molar-refractivity contribution is 5.11. The summed E-state index contributed by atoms with van der Waals surface area (Å²) in [5.74, 6) is 0. The first kappa shape index (κ1) is 9.83. The summed E-state index contributed by atoms with van der Waals surface area (Å²) < 4.78 is 0. The minimum atomic E-state index is 0.550. The lowest BCUT2D eigenvalue weighted by atomic mass is 9.71. The molecule has 0 bridgehead atoms. The molecule has 0 aliphatic heterocycles. The highest BCUT2D eigenvalue weighted by Gasteiger charge is 2.27. The quantitative estimate of drug-likeness (QED) is 0.536. The Kier molecular flexibility index (Phi) is 3.37. The summed E-state index contributed by atoms with van der Waals surface area (Å²) in [7, 11) is 0. The van der Waals surface area contributed by atoms with Crippen molar-refractivity contribution in [3.05, 3.63) is 11.6 Å². The first-order valence-electron chi connectivity index (χ1n) is 5.36. The van der Waals surface area contributed by atoms with Crippen LogP contribution in [0.5, 0.6) is 0 Å². The molecule has 1 rings (SSSR count). The molecule has 0 spiro atoms. The van der Waals surface area contributed by atoms with Crippen molar-refractivity contribution in [1.29, 1.82) is 0 Å². The summed E-state index contributed by atoms with van der Waals surface area (Å²) in [6.45, 7) is 6.98. The highest BCUT2D eigenvalue weighted by Crippen LogP contribution is 2.41. The molecule has 12 heavy (non-hydrogen) atoms. The molecule has 1 aliphatic rings. The van der Waals surface area contributed by atoms with Gasteiger partial charge in [0.05, 0.1) is 0 Å². The van der Waals surface area contributed by atoms with Crippen LogP contribution < -0.4 is 0 Å². The van der Waals surface area contributed by atoms with E-state index < -0.39 is 0 Å². The zero-order chi connectivity index (χ0) is 9.03. The molecule has 0 aromatic heterocycles. The molecule has 70 valence electrons. The van der Waals surface area contributed by atoms with E-state index in [9.17, 15) is 0 Å². The zero-order valence-electron chi connectivity index (χ0n) is 8.82. The molecule has 1 saturated carbocycles. The second kappa shape index (κ2) is 4.11. The van der Waals surface area contributed by atoms with Gasteiger partial charge in [0.2, 0.25) is 0 Å². The van der Waals surface area contributed by atoms with Gasteiger partial charge >= 0.3 is 0 Å². The Labute approximate surface area is 77.1 Å². The van der Waals surface area contributed by atoms with E-state index in [0.29, 0.717) is 5.41 Å². The van der Waals surface area contributed by atoms with Crippen molar-refractivity contribution < 1.29 is 0 Å². The fraction of sp³-hybridized carbons (Fsp3) is 0.833. The van der Waals surface area contributed by atoms with Crippen LogP contribution in [0.25, 0.3) is 0 Å². The van der Waals surface area contributed by atoms with Crippen LogP contribution in [0.3, 0.4) is 0 Å². The van der Waals surface area contributed by atoms with Gasteiger partial charge in [-0.15, -0.1) is 0 Å². The van der Waals surface area contributed by atoms with E-state index in [-0.39, 0.29) is 0 Å². The average molecular weight is 166 g/mol. The fourth-order valence-corrected chi connectivity index (χ4v) is 2.28. The van der Waals surface area contributed by atoms with E-state index in [1.54, 1.807) is 5.57 Å². The van der Waals surface area contributed by atoms with Crippen molar-refractivity contribution >= 4 is 0 Å². The van der Waals surface area contributed by atoms with Crippen LogP contribution in [-0.2, 0) is 0 Å². The maximum Gasteiger partial charge on any atom is -0.0119 e. The first-order chi connectivity index (χ1) is 5.69. The Hall–Kier alpha value is -0.260. The van der Waals surface area contributed by atoms with Gasteiger partial charge < -0.3 is 0 Å². The normalized spacial score (nSPS) is 24.1. The van der Waals surface area contributed by atoms with Crippen LogP contribution in [0.1, 0.15) is 59.3 Å². The summed E-state index contributed by atoms with van der Waals surface area (Å²) in [4.78, 5) is 0. The molecule has 1 aliphatic carbocycles. The predicted octanol–water partition coefficient (Wildman–Crippen LogP) is 4.31. The average Bonchev–Trinajstić information content (AvgIpc) is 2.06. The maximum atomic E-state index is 2.44. The van der Waals surface area contributed by atoms with Gasteiger partial charge in [-0.05, 0) is 31.6 Å². The number of hydrogen-bond donors (Lipinski definition) is 0. The third-order valence-corrected chi connectivity index (χ3v) is 3.42. The van der Waals surface area contributed by atoms with Crippen LogP contribution in [-0.4, -0.2) is 0 Å². The monoisotopic (exact) mass is 166 g/mol. The summed E-state index contributed by atoms with van der Waals surface area (Å²) in [6, 6.07) is 0. The molecule has 0 amide bonds. The van der Waals surface area contributed by atoms with E-state index in [1.807, 2.05) is 0 Å². The zero-order valence-corrected chi connectivity index (χ0v) is 8.82. The second-order valence-corrected chi connectivity index (χ2v) is 4.42. The van der Waals surface area contributed by atoms with Crippen molar-refractivity contribution in [3.8, 4) is 0 Å². The number of allylic oxidation sites excluding steroid dienone is 2. The summed E-state index contributed by atoms with van der Waals surface area (Å²) >= 11 is 0. The molecule has 0 heteroatoms. The molecular formula is C12H22. The van der Waals surface area contributed by atoms with Crippen molar-refractivity contribution in [2.45, 2.75) is 59.3 Å². The number of rotatable bonds is 2. The third-order valence-electron chi connectivity index (χ3n) is 3.42. The Bertz CT molecular complexity index is 159. The summed E-state index contributed by atoms with van der Waals surface area (Å²) in [5.41, 5.74) is 2.18. The van der Waals surface area contributed by atoms with E-state index in [2.05, 4.69) is 26.8 Å². The molecule has 0 saturated heterocycles. The SMILES string of the molecule is CC/C=C(\C)C1(C)CCCCC1. The van der Waals surface area contributed by atoms with Crippen LogP contribution in [0.2, 0.25) is 0 Å². The molecule has 0 aromatic rings. The van der Waals surface area contributed by atoms with Gasteiger partial charge in [0.25, 0.3) is 0 Å². The molecule has 0 radical (unpaired) electrons. The van der Waals surface area contributed by atoms with Gasteiger partial charge in [-0.3, -0.25) is 0 Å². The van der Waals surface area contributed by atoms with Crippen LogP contribution in [0.4, 0.5) is 0 Å². The lowest BCUT2D eigenvalue weighted by molar-refractivity contribution is 0.266. The Morgan fingerprint density at radius 3 is 2.33 bits per heavy atom. The second-order valence-electron chi connectivity index (χ2n) is 4.42. The maximum absolute atomic E-state index is 2.44. The minimum Gasteiger partial charge on any atom is -0.0853 e. The molecule has 1 fully saturated rings. The largest absolute Gasteiger partial charge is 0.0853 e. The lowest BCUT2D eigenvalue weighted by Crippen LogP contribution is -2.21. The summed E-state index contributed by atoms with van der Waals surface area (Å²) in [5, 5.41) is 0. The smallest absolute Gasteiger partial charge is 0.0119 e. The third kappa shape index (κ3) is 2.12. The van der Waals surface area contributed by atoms with E-state index in [1.165, 1.54) is 38.5 Å². The number of hydrogen-bond acceptors (Lipinski definition) is 0. The van der Waals surface area contributed by atoms with Crippen LogP contribution in [0, 0.1) is 5.41 Å². The molecule has 0 atom stereocenters. The highest BCUT2D eigenvalue weighted by atomic mass is 14.3. The van der Waals surface area contributed by atoms with E-state index in [4.69, 9.17) is 0 Å². The molecule has 0 unspecified atom stereocenters. The van der Waals surface area contributed by atoms with Crippen LogP contribution in [0.15, 0.2) is 11.6 Å². The van der Waals surface area contributed by atoms with Gasteiger partial charge in [-0.2, -0.15) is 0 Å². The van der Waals surface area contributed by atoms with Gasteiger partial charge in [0.1, 0.15) is 0 Å². The van der Waals surface area contributed by atoms with E-state index >= 15 is 0 Å². The van der Waals surface area contributed by atoms with Gasteiger partial charge in [-0.25, -0.2) is 0 Å². The van der Waals surface area contributed by atoms with Gasteiger partial charge in [0, 0.05) is 0 Å². The minimum absolute atomic E-state index is 0.550. The standard InChI is InChI=1S/C12H22/c1-4-8-11(2)12(3)9-6-5-7-10-12/h8H,4-7,9-10H2,1-3H3/b11-8+. The lowest BCUT2D eigenvalue weighted by Gasteiger charge is -2.34. The Morgan fingerprint density at radius 2 is 1.83 bits per heavy atom. The predicted molar refractivity (Wildman–Crippen MR) is 55.2 cm³/mol. The molecule has 0 nitrogen and oxygen atoms in total. The van der Waals surface area contributed by atoms with Crippen molar-refractivity contribution in [3.63, 3.8) is 0 Å². The van der Waals surface area contributed by atoms with Crippen molar-refractivity contribution in [2.24, 2.45) is 5.41 Å². The van der Waals surface area contributed by atoms with E-state index in [0.717, 1.165) is 0 Å². The molecule has 0 heterocycles. The Balaban J connectivity index is 2.62. The Morgan fingerprint density at radius 1 is 1.25 bits per heavy atom. The molecule has 0 N–H and O–H groups in total. The first-order valence-corrected chi connectivity index (χ1v) is 5.36. The van der Waals surface area contributed by atoms with Gasteiger partial charge in [-0.1, -0.05) is 44.8 Å². The van der Waals surface area contributed by atoms with Crippen LogP contribution >= 0.6 is 0 Å². The molecule has 0 aromatic carbocycles. The van der Waals surface area contributed by atoms with Gasteiger partial charge in [0.15, 0.2) is 0 Å². The topological polar surface area (TPSA) is 0 Å². The van der Waals surface area contributed by atoms with Crippen molar-refractivity contribution in [1.82, 2.24) is 0 Å². The van der Waals surface area contributed by atoms with Crippen molar-refractivity contribution in [2.75, 3.05) is 0 Å².